The van der Waals surface area contributed by atoms with Crippen molar-refractivity contribution in [3.05, 3.63) is 112 Å². The first-order chi connectivity index (χ1) is 17.9. The Bertz CT molecular complexity index is 1590. The molecule has 0 bridgehead atoms. The van der Waals surface area contributed by atoms with E-state index in [4.69, 9.17) is 0 Å². The first-order valence-electron chi connectivity index (χ1n) is 12.8. The molecule has 2 heterocycles. The van der Waals surface area contributed by atoms with Gasteiger partial charge in [0.2, 0.25) is 9.84 Å². The van der Waals surface area contributed by atoms with Gasteiger partial charge in [-0.15, -0.1) is 0 Å². The van der Waals surface area contributed by atoms with Crippen molar-refractivity contribution in [1.82, 2.24) is 4.90 Å². The molecule has 2 aliphatic heterocycles. The van der Waals surface area contributed by atoms with Gasteiger partial charge in [0.1, 0.15) is 0 Å². The van der Waals surface area contributed by atoms with Crippen LogP contribution in [0.15, 0.2) is 99.4 Å². The maximum atomic E-state index is 13.9. The van der Waals surface area contributed by atoms with Crippen LogP contribution in [0.3, 0.4) is 0 Å². The highest BCUT2D eigenvalue weighted by Gasteiger charge is 2.36. The zero-order valence-electron chi connectivity index (χ0n) is 20.4. The summed E-state index contributed by atoms with van der Waals surface area (Å²) in [6.45, 7) is 1.81. The molecule has 1 aliphatic carbocycles. The Hall–Kier alpha value is -3.77. The normalized spacial score (nSPS) is 19.6. The van der Waals surface area contributed by atoms with Gasteiger partial charge in [0.15, 0.2) is 11.6 Å². The summed E-state index contributed by atoms with van der Waals surface area (Å²) in [5.74, 6) is -0.497. The Labute approximate surface area is 217 Å². The molecule has 0 radical (unpaired) electrons. The predicted octanol–water partition coefficient (Wildman–Crippen LogP) is 5.86. The summed E-state index contributed by atoms with van der Waals surface area (Å²) in [6.07, 6.45) is 6.89. The third kappa shape index (κ3) is 4.05. The molecule has 6 heteroatoms. The van der Waals surface area contributed by atoms with Gasteiger partial charge in [0.05, 0.1) is 9.79 Å². The van der Waals surface area contributed by atoms with Gasteiger partial charge in [-0.3, -0.25) is 9.59 Å². The molecule has 0 atom stereocenters. The molecule has 1 fully saturated rings. The van der Waals surface area contributed by atoms with Crippen LogP contribution in [-0.2, 0) is 9.84 Å². The number of carbonyl (C=O) groups is 2. The van der Waals surface area contributed by atoms with E-state index in [0.29, 0.717) is 12.0 Å². The van der Waals surface area contributed by atoms with Crippen LogP contribution in [0.1, 0.15) is 63.9 Å². The molecule has 0 unspecified atom stereocenters. The van der Waals surface area contributed by atoms with Crippen LogP contribution in [0.5, 0.6) is 0 Å². The van der Waals surface area contributed by atoms with Crippen LogP contribution < -0.4 is 0 Å². The Kier molecular flexibility index (Phi) is 5.92. The molecule has 37 heavy (non-hydrogen) atoms. The second-order valence-electron chi connectivity index (χ2n) is 9.82. The zero-order chi connectivity index (χ0) is 25.6. The fourth-order valence-corrected chi connectivity index (χ4v) is 7.39. The standard InChI is InChI=1S/C31H27NO4S/c33-30(23-14-15-25-28(20-23)37(35,36)27-12-6-5-11-24(27)31(25)34)26-16-13-22(19-21-9-3-1-4-10-21)29(26)32-17-7-2-8-18-32/h1,3-6,9-12,14-15,19-20H,2,7-8,13,16-18H2/b22-19+. The van der Waals surface area contributed by atoms with Gasteiger partial charge < -0.3 is 4.90 Å². The van der Waals surface area contributed by atoms with Crippen LogP contribution in [0.2, 0.25) is 0 Å². The van der Waals surface area contributed by atoms with Crippen molar-refractivity contribution in [3.8, 4) is 0 Å². The number of piperidine rings is 1. The number of sulfone groups is 1. The number of rotatable bonds is 4. The third-order valence-electron chi connectivity index (χ3n) is 7.52. The van der Waals surface area contributed by atoms with Crippen LogP contribution in [-0.4, -0.2) is 38.0 Å². The number of ketones is 2. The van der Waals surface area contributed by atoms with E-state index in [1.54, 1.807) is 18.2 Å². The van der Waals surface area contributed by atoms with E-state index in [9.17, 15) is 18.0 Å². The number of likely N-dealkylation sites (tertiary alicyclic amines) is 1. The summed E-state index contributed by atoms with van der Waals surface area (Å²) in [7, 11) is -3.91. The number of hydrogen-bond donors (Lipinski definition) is 0. The minimum atomic E-state index is -3.91. The number of Topliss-reactive ketones (excluding diaryl/α,β-unsaturated/α-hetero) is 1. The molecular weight excluding hydrogens is 482 g/mol. The highest BCUT2D eigenvalue weighted by Crippen LogP contribution is 2.40. The van der Waals surface area contributed by atoms with Crippen LogP contribution >= 0.6 is 0 Å². The maximum absolute atomic E-state index is 13.9. The van der Waals surface area contributed by atoms with E-state index in [-0.39, 0.29) is 32.5 Å². The molecule has 0 aromatic heterocycles. The predicted molar refractivity (Wildman–Crippen MR) is 142 cm³/mol. The lowest BCUT2D eigenvalue weighted by molar-refractivity contribution is 0.101. The fraction of sp³-hybridized carbons (Fsp3) is 0.226. The van der Waals surface area contributed by atoms with Gasteiger partial charge in [-0.05, 0) is 73.6 Å². The lowest BCUT2D eigenvalue weighted by atomic mass is 9.96. The molecule has 0 amide bonds. The number of nitrogens with zero attached hydrogens (tertiary/aromatic N) is 1. The molecule has 0 spiro atoms. The number of fused-ring (bicyclic) bond motifs is 2. The maximum Gasteiger partial charge on any atom is 0.208 e. The van der Waals surface area contributed by atoms with E-state index in [2.05, 4.69) is 23.1 Å². The number of carbonyl (C=O) groups excluding carboxylic acids is 2. The molecule has 1 saturated heterocycles. The third-order valence-corrected chi connectivity index (χ3v) is 9.37. The molecule has 5 nitrogen and oxygen atoms in total. The van der Waals surface area contributed by atoms with Crippen molar-refractivity contribution in [2.75, 3.05) is 13.1 Å². The van der Waals surface area contributed by atoms with E-state index >= 15 is 0 Å². The molecule has 3 aromatic rings. The molecule has 3 aromatic carbocycles. The fourth-order valence-electron chi connectivity index (χ4n) is 5.71. The Balaban J connectivity index is 1.44. The number of hydrogen-bond acceptors (Lipinski definition) is 5. The van der Waals surface area contributed by atoms with Crippen molar-refractivity contribution in [1.29, 1.82) is 0 Å². The molecule has 186 valence electrons. The first kappa shape index (κ1) is 23.6. The lowest BCUT2D eigenvalue weighted by Crippen LogP contribution is -2.30. The molecule has 0 N–H and O–H groups in total. The van der Waals surface area contributed by atoms with Crippen molar-refractivity contribution in [2.24, 2.45) is 0 Å². The first-order valence-corrected chi connectivity index (χ1v) is 14.2. The molecule has 6 rings (SSSR count). The van der Waals surface area contributed by atoms with Gasteiger partial charge in [-0.1, -0.05) is 48.5 Å². The average molecular weight is 510 g/mol. The summed E-state index contributed by atoms with van der Waals surface area (Å²) in [5, 5.41) is 0. The second kappa shape index (κ2) is 9.27. The zero-order valence-corrected chi connectivity index (χ0v) is 21.3. The SMILES string of the molecule is O=C(C1=C(N2CCCCC2)/C(=C/c2ccccc2)CC1)c1ccc2c(c1)S(=O)(=O)c1ccccc1C2=O. The number of allylic oxidation sites excluding steroid dienone is 2. The molecule has 3 aliphatic rings. The Morgan fingerprint density at radius 2 is 1.49 bits per heavy atom. The average Bonchev–Trinajstić information content (AvgIpc) is 3.35. The second-order valence-corrected chi connectivity index (χ2v) is 11.7. The van der Waals surface area contributed by atoms with Crippen molar-refractivity contribution in [3.63, 3.8) is 0 Å². The highest BCUT2D eigenvalue weighted by molar-refractivity contribution is 7.91. The van der Waals surface area contributed by atoms with Gasteiger partial charge in [0.25, 0.3) is 0 Å². The summed E-state index contributed by atoms with van der Waals surface area (Å²) in [5.41, 5.74) is 4.57. The minimum absolute atomic E-state index is 0.000678. The molecular formula is C31H27NO4S. The van der Waals surface area contributed by atoms with E-state index in [1.165, 1.54) is 30.7 Å². The Morgan fingerprint density at radius 3 is 2.27 bits per heavy atom. The summed E-state index contributed by atoms with van der Waals surface area (Å²) >= 11 is 0. The largest absolute Gasteiger partial charge is 0.371 e. The number of benzene rings is 3. The van der Waals surface area contributed by atoms with Gasteiger partial charge in [-0.25, -0.2) is 8.42 Å². The van der Waals surface area contributed by atoms with Gasteiger partial charge in [-0.2, -0.15) is 0 Å². The monoisotopic (exact) mass is 509 g/mol. The van der Waals surface area contributed by atoms with Gasteiger partial charge >= 0.3 is 0 Å². The van der Waals surface area contributed by atoms with Crippen LogP contribution in [0.25, 0.3) is 6.08 Å². The highest BCUT2D eigenvalue weighted by atomic mass is 32.2. The molecule has 0 saturated carbocycles. The van der Waals surface area contributed by atoms with Crippen molar-refractivity contribution >= 4 is 27.5 Å². The summed E-state index contributed by atoms with van der Waals surface area (Å²) < 4.78 is 26.8. The van der Waals surface area contributed by atoms with Crippen molar-refractivity contribution < 1.29 is 18.0 Å². The minimum Gasteiger partial charge on any atom is -0.371 e. The van der Waals surface area contributed by atoms with E-state index in [1.807, 2.05) is 18.2 Å². The summed E-state index contributed by atoms with van der Waals surface area (Å²) in [4.78, 5) is 29.2. The quantitative estimate of drug-likeness (QED) is 0.322. The lowest BCUT2D eigenvalue weighted by Gasteiger charge is -2.31. The van der Waals surface area contributed by atoms with Crippen molar-refractivity contribution in [2.45, 2.75) is 41.9 Å². The van der Waals surface area contributed by atoms with Crippen LogP contribution in [0, 0.1) is 0 Å². The smallest absolute Gasteiger partial charge is 0.208 e. The van der Waals surface area contributed by atoms with Crippen LogP contribution in [0.4, 0.5) is 0 Å². The Morgan fingerprint density at radius 1 is 0.784 bits per heavy atom. The topological polar surface area (TPSA) is 71.5 Å². The summed E-state index contributed by atoms with van der Waals surface area (Å²) in [6, 6.07) is 20.9. The van der Waals surface area contributed by atoms with E-state index in [0.717, 1.165) is 54.8 Å². The van der Waals surface area contributed by atoms with E-state index < -0.39 is 9.84 Å². The van der Waals surface area contributed by atoms with Gasteiger partial charge in [0, 0.05) is 41.1 Å².